The third kappa shape index (κ3) is 2.69. The standard InChI is InChI=1S/C16H25NO/c1-12(2)10-17-11-13-9-16(13,3)14-7-5-6-8-15(14)18-4/h5-8,12-13,17H,9-11H2,1-4H3. The van der Waals surface area contributed by atoms with Crippen LogP contribution in [0.3, 0.4) is 0 Å². The van der Waals surface area contributed by atoms with E-state index < -0.39 is 0 Å². The molecular weight excluding hydrogens is 222 g/mol. The summed E-state index contributed by atoms with van der Waals surface area (Å²) in [6.07, 6.45) is 1.26. The van der Waals surface area contributed by atoms with E-state index in [1.54, 1.807) is 7.11 Å². The second-order valence-corrected chi connectivity index (χ2v) is 6.07. The zero-order valence-corrected chi connectivity index (χ0v) is 12.0. The summed E-state index contributed by atoms with van der Waals surface area (Å²) in [4.78, 5) is 0. The molecule has 0 bridgehead atoms. The van der Waals surface area contributed by atoms with Gasteiger partial charge in [-0.3, -0.25) is 0 Å². The molecule has 0 aromatic heterocycles. The number of para-hydroxylation sites is 1. The van der Waals surface area contributed by atoms with Gasteiger partial charge in [0.2, 0.25) is 0 Å². The van der Waals surface area contributed by atoms with E-state index in [0.717, 1.165) is 30.7 Å². The average molecular weight is 247 g/mol. The quantitative estimate of drug-likeness (QED) is 0.833. The molecular formula is C16H25NO. The number of ether oxygens (including phenoxy) is 1. The van der Waals surface area contributed by atoms with Crippen LogP contribution in [0.2, 0.25) is 0 Å². The first-order chi connectivity index (χ1) is 8.58. The average Bonchev–Trinajstić information content (AvgIpc) is 3.01. The summed E-state index contributed by atoms with van der Waals surface area (Å²) in [5.41, 5.74) is 1.67. The molecule has 1 N–H and O–H groups in total. The second-order valence-electron chi connectivity index (χ2n) is 6.07. The molecule has 2 unspecified atom stereocenters. The van der Waals surface area contributed by atoms with E-state index in [2.05, 4.69) is 44.3 Å². The summed E-state index contributed by atoms with van der Waals surface area (Å²) < 4.78 is 5.48. The molecule has 2 heteroatoms. The van der Waals surface area contributed by atoms with Gasteiger partial charge in [0.25, 0.3) is 0 Å². The van der Waals surface area contributed by atoms with Crippen LogP contribution in [-0.4, -0.2) is 20.2 Å². The number of rotatable bonds is 6. The van der Waals surface area contributed by atoms with Crippen LogP contribution in [0, 0.1) is 11.8 Å². The van der Waals surface area contributed by atoms with Gasteiger partial charge in [0.05, 0.1) is 7.11 Å². The normalized spacial score (nSPS) is 26.4. The summed E-state index contributed by atoms with van der Waals surface area (Å²) in [5, 5.41) is 3.57. The molecule has 1 aromatic rings. The van der Waals surface area contributed by atoms with Gasteiger partial charge in [0.15, 0.2) is 0 Å². The minimum absolute atomic E-state index is 0.302. The highest BCUT2D eigenvalue weighted by Crippen LogP contribution is 2.55. The van der Waals surface area contributed by atoms with E-state index in [-0.39, 0.29) is 0 Å². The van der Waals surface area contributed by atoms with E-state index in [4.69, 9.17) is 4.74 Å². The van der Waals surface area contributed by atoms with Crippen molar-refractivity contribution in [3.05, 3.63) is 29.8 Å². The Morgan fingerprint density at radius 2 is 2.11 bits per heavy atom. The SMILES string of the molecule is COc1ccccc1C1(C)CC1CNCC(C)C. The minimum atomic E-state index is 0.302. The first kappa shape index (κ1) is 13.4. The summed E-state index contributed by atoms with van der Waals surface area (Å²) in [6.45, 7) is 9.08. The summed E-state index contributed by atoms with van der Waals surface area (Å²) in [5.74, 6) is 2.50. The van der Waals surface area contributed by atoms with Gasteiger partial charge in [0, 0.05) is 11.0 Å². The van der Waals surface area contributed by atoms with Crippen LogP contribution in [-0.2, 0) is 5.41 Å². The Labute approximate surface area is 111 Å². The van der Waals surface area contributed by atoms with Crippen molar-refractivity contribution >= 4 is 0 Å². The van der Waals surface area contributed by atoms with Crippen molar-refractivity contribution in [3.8, 4) is 5.75 Å². The van der Waals surface area contributed by atoms with Crippen LogP contribution in [0.15, 0.2) is 24.3 Å². The molecule has 18 heavy (non-hydrogen) atoms. The molecule has 2 atom stereocenters. The van der Waals surface area contributed by atoms with Crippen LogP contribution >= 0.6 is 0 Å². The molecule has 2 nitrogen and oxygen atoms in total. The van der Waals surface area contributed by atoms with E-state index >= 15 is 0 Å². The minimum Gasteiger partial charge on any atom is -0.496 e. The number of nitrogens with one attached hydrogen (secondary N) is 1. The number of hydrogen-bond donors (Lipinski definition) is 1. The fourth-order valence-corrected chi connectivity index (χ4v) is 2.74. The first-order valence-electron chi connectivity index (χ1n) is 6.92. The molecule has 1 fully saturated rings. The molecule has 0 spiro atoms. The Morgan fingerprint density at radius 3 is 2.78 bits per heavy atom. The van der Waals surface area contributed by atoms with Crippen LogP contribution in [0.4, 0.5) is 0 Å². The van der Waals surface area contributed by atoms with Gasteiger partial charge in [0.1, 0.15) is 5.75 Å². The van der Waals surface area contributed by atoms with Gasteiger partial charge in [-0.15, -0.1) is 0 Å². The van der Waals surface area contributed by atoms with Crippen LogP contribution < -0.4 is 10.1 Å². The van der Waals surface area contributed by atoms with Crippen LogP contribution in [0.1, 0.15) is 32.8 Å². The summed E-state index contributed by atoms with van der Waals surface area (Å²) >= 11 is 0. The van der Waals surface area contributed by atoms with E-state index in [9.17, 15) is 0 Å². The lowest BCUT2D eigenvalue weighted by atomic mass is 9.94. The fraction of sp³-hybridized carbons (Fsp3) is 0.625. The number of hydrogen-bond acceptors (Lipinski definition) is 2. The van der Waals surface area contributed by atoms with Gasteiger partial charge in [-0.25, -0.2) is 0 Å². The van der Waals surface area contributed by atoms with Crippen molar-refractivity contribution in [2.45, 2.75) is 32.6 Å². The lowest BCUT2D eigenvalue weighted by Crippen LogP contribution is -2.24. The molecule has 0 heterocycles. The van der Waals surface area contributed by atoms with Crippen molar-refractivity contribution in [1.82, 2.24) is 5.32 Å². The van der Waals surface area contributed by atoms with Gasteiger partial charge < -0.3 is 10.1 Å². The maximum atomic E-state index is 5.48. The van der Waals surface area contributed by atoms with E-state index in [0.29, 0.717) is 5.41 Å². The van der Waals surface area contributed by atoms with Crippen molar-refractivity contribution in [3.63, 3.8) is 0 Å². The van der Waals surface area contributed by atoms with Gasteiger partial charge in [-0.2, -0.15) is 0 Å². The van der Waals surface area contributed by atoms with Crippen molar-refractivity contribution in [2.75, 3.05) is 20.2 Å². The van der Waals surface area contributed by atoms with Crippen LogP contribution in [0.25, 0.3) is 0 Å². The van der Waals surface area contributed by atoms with Crippen LogP contribution in [0.5, 0.6) is 5.75 Å². The molecule has 100 valence electrons. The smallest absolute Gasteiger partial charge is 0.122 e. The topological polar surface area (TPSA) is 21.3 Å². The molecule has 1 aromatic carbocycles. The molecule has 0 aliphatic heterocycles. The number of benzene rings is 1. The predicted octanol–water partition coefficient (Wildman–Crippen LogP) is 3.22. The maximum Gasteiger partial charge on any atom is 0.122 e. The largest absolute Gasteiger partial charge is 0.496 e. The van der Waals surface area contributed by atoms with Crippen molar-refractivity contribution < 1.29 is 4.74 Å². The van der Waals surface area contributed by atoms with E-state index in [1.165, 1.54) is 12.0 Å². The molecule has 1 aliphatic carbocycles. The van der Waals surface area contributed by atoms with Crippen molar-refractivity contribution in [1.29, 1.82) is 0 Å². The Bertz CT molecular complexity index is 402. The molecule has 2 rings (SSSR count). The van der Waals surface area contributed by atoms with Crippen molar-refractivity contribution in [2.24, 2.45) is 11.8 Å². The monoisotopic (exact) mass is 247 g/mol. The Hall–Kier alpha value is -1.02. The summed E-state index contributed by atoms with van der Waals surface area (Å²) in [6, 6.07) is 8.43. The lowest BCUT2D eigenvalue weighted by Gasteiger charge is -2.16. The van der Waals surface area contributed by atoms with E-state index in [1.807, 2.05) is 6.07 Å². The maximum absolute atomic E-state index is 5.48. The predicted molar refractivity (Wildman–Crippen MR) is 76.2 cm³/mol. The fourth-order valence-electron chi connectivity index (χ4n) is 2.74. The summed E-state index contributed by atoms with van der Waals surface area (Å²) in [7, 11) is 1.76. The molecule has 0 saturated heterocycles. The van der Waals surface area contributed by atoms with Gasteiger partial charge in [-0.05, 0) is 37.4 Å². The lowest BCUT2D eigenvalue weighted by molar-refractivity contribution is 0.402. The third-order valence-corrected chi connectivity index (χ3v) is 4.08. The Kier molecular flexibility index (Phi) is 3.96. The zero-order chi connectivity index (χ0) is 13.2. The number of methoxy groups -OCH3 is 1. The van der Waals surface area contributed by atoms with Gasteiger partial charge in [-0.1, -0.05) is 39.0 Å². The highest BCUT2D eigenvalue weighted by Gasteiger charge is 2.51. The third-order valence-electron chi connectivity index (χ3n) is 4.08. The molecule has 0 amide bonds. The van der Waals surface area contributed by atoms with Gasteiger partial charge >= 0.3 is 0 Å². The molecule has 1 saturated carbocycles. The second kappa shape index (κ2) is 5.31. The highest BCUT2D eigenvalue weighted by atomic mass is 16.5. The highest BCUT2D eigenvalue weighted by molar-refractivity contribution is 5.43. The molecule has 0 radical (unpaired) electrons. The Balaban J connectivity index is 1.98. The Morgan fingerprint density at radius 1 is 1.39 bits per heavy atom. The molecule has 1 aliphatic rings. The zero-order valence-electron chi connectivity index (χ0n) is 12.0. The first-order valence-corrected chi connectivity index (χ1v) is 6.92.